The van der Waals surface area contributed by atoms with E-state index in [4.69, 9.17) is 9.15 Å². The molecule has 0 radical (unpaired) electrons. The number of amides is 1. The molecule has 2 heterocycles. The van der Waals surface area contributed by atoms with Crippen molar-refractivity contribution < 1.29 is 13.9 Å². The fraction of sp³-hybridized carbons (Fsp3) is 0.176. The summed E-state index contributed by atoms with van der Waals surface area (Å²) >= 11 is 0. The topological polar surface area (TPSA) is 64.4 Å². The van der Waals surface area contributed by atoms with Crippen molar-refractivity contribution >= 4 is 16.9 Å². The van der Waals surface area contributed by atoms with Crippen LogP contribution in [0.5, 0.6) is 5.75 Å². The van der Waals surface area contributed by atoms with Crippen molar-refractivity contribution in [1.29, 1.82) is 0 Å². The number of nitrogens with one attached hydrogen (secondary N) is 1. The number of methoxy groups -OCH3 is 1. The number of pyridine rings is 1. The third kappa shape index (κ3) is 3.09. The minimum absolute atomic E-state index is 0.230. The zero-order valence-corrected chi connectivity index (χ0v) is 12.2. The Hall–Kier alpha value is -2.82. The molecule has 3 rings (SSSR count). The summed E-state index contributed by atoms with van der Waals surface area (Å²) in [6.45, 7) is 0.510. The van der Waals surface area contributed by atoms with Crippen LogP contribution >= 0.6 is 0 Å². The first-order chi connectivity index (χ1) is 10.8. The lowest BCUT2D eigenvalue weighted by Gasteiger charge is -2.02. The molecule has 5 heteroatoms. The van der Waals surface area contributed by atoms with E-state index >= 15 is 0 Å². The molecule has 5 nitrogen and oxygen atoms in total. The fourth-order valence-electron chi connectivity index (χ4n) is 2.20. The first kappa shape index (κ1) is 14.1. The molecule has 0 spiro atoms. The van der Waals surface area contributed by atoms with Gasteiger partial charge in [-0.2, -0.15) is 0 Å². The number of aromatic nitrogens is 1. The molecule has 0 aliphatic heterocycles. The molecule has 112 valence electrons. The van der Waals surface area contributed by atoms with E-state index in [1.165, 1.54) is 0 Å². The van der Waals surface area contributed by atoms with E-state index in [-0.39, 0.29) is 5.91 Å². The number of hydrogen-bond donors (Lipinski definition) is 1. The van der Waals surface area contributed by atoms with Crippen LogP contribution in [0.4, 0.5) is 0 Å². The number of hydrogen-bond acceptors (Lipinski definition) is 4. The molecule has 0 unspecified atom stereocenters. The van der Waals surface area contributed by atoms with E-state index in [1.54, 1.807) is 31.5 Å². The Morgan fingerprint density at radius 3 is 2.95 bits per heavy atom. The molecule has 0 saturated carbocycles. The van der Waals surface area contributed by atoms with Gasteiger partial charge in [0.1, 0.15) is 11.3 Å². The quantitative estimate of drug-likeness (QED) is 0.786. The van der Waals surface area contributed by atoms with Crippen LogP contribution in [0.2, 0.25) is 0 Å². The second-order valence-corrected chi connectivity index (χ2v) is 4.84. The highest BCUT2D eigenvalue weighted by molar-refractivity contribution is 5.96. The molecular formula is C17H16N2O3. The van der Waals surface area contributed by atoms with Crippen LogP contribution < -0.4 is 10.1 Å². The predicted molar refractivity (Wildman–Crippen MR) is 83.0 cm³/mol. The van der Waals surface area contributed by atoms with Gasteiger partial charge in [0.25, 0.3) is 5.91 Å². The maximum absolute atomic E-state index is 12.1. The summed E-state index contributed by atoms with van der Waals surface area (Å²) in [5.74, 6) is 0.797. The maximum atomic E-state index is 12.1. The molecule has 1 aromatic carbocycles. The highest BCUT2D eigenvalue weighted by Gasteiger charge is 2.12. The number of ether oxygens (including phenoxy) is 1. The number of fused-ring (bicyclic) bond motifs is 1. The minimum atomic E-state index is -0.230. The van der Waals surface area contributed by atoms with Gasteiger partial charge in [0, 0.05) is 30.2 Å². The van der Waals surface area contributed by atoms with Gasteiger partial charge in [-0.25, -0.2) is 0 Å². The summed E-state index contributed by atoms with van der Waals surface area (Å²) in [6.07, 6.45) is 2.42. The average molecular weight is 296 g/mol. The zero-order chi connectivity index (χ0) is 15.4. The van der Waals surface area contributed by atoms with E-state index in [2.05, 4.69) is 10.3 Å². The molecule has 1 amide bonds. The Morgan fingerprint density at radius 1 is 1.27 bits per heavy atom. The zero-order valence-electron chi connectivity index (χ0n) is 12.2. The van der Waals surface area contributed by atoms with E-state index in [1.807, 2.05) is 24.3 Å². The third-order valence-corrected chi connectivity index (χ3v) is 3.34. The number of rotatable bonds is 5. The molecule has 0 atom stereocenters. The van der Waals surface area contributed by atoms with Crippen LogP contribution in [0.3, 0.4) is 0 Å². The van der Waals surface area contributed by atoms with Crippen LogP contribution in [0.15, 0.2) is 53.1 Å². The number of carbonyl (C=O) groups excluding carboxylic acids is 1. The number of carbonyl (C=O) groups is 1. The van der Waals surface area contributed by atoms with Crippen LogP contribution in [-0.2, 0) is 6.42 Å². The van der Waals surface area contributed by atoms with Crippen LogP contribution in [0.1, 0.15) is 16.2 Å². The number of benzene rings is 1. The lowest BCUT2D eigenvalue weighted by molar-refractivity contribution is 0.0928. The number of nitrogens with zero attached hydrogens (tertiary/aromatic N) is 1. The lowest BCUT2D eigenvalue weighted by Crippen LogP contribution is -2.25. The van der Waals surface area contributed by atoms with Gasteiger partial charge in [-0.1, -0.05) is 6.07 Å². The van der Waals surface area contributed by atoms with Crippen molar-refractivity contribution in [3.8, 4) is 5.75 Å². The maximum Gasteiger partial charge on any atom is 0.287 e. The van der Waals surface area contributed by atoms with E-state index in [9.17, 15) is 4.79 Å². The molecule has 22 heavy (non-hydrogen) atoms. The highest BCUT2D eigenvalue weighted by Crippen LogP contribution is 2.24. The van der Waals surface area contributed by atoms with Crippen LogP contribution in [-0.4, -0.2) is 24.5 Å². The molecule has 0 saturated heterocycles. The predicted octanol–water partition coefficient (Wildman–Crippen LogP) is 2.81. The first-order valence-electron chi connectivity index (χ1n) is 7.02. The van der Waals surface area contributed by atoms with Crippen LogP contribution in [0, 0.1) is 0 Å². The fourth-order valence-corrected chi connectivity index (χ4v) is 2.20. The standard InChI is InChI=1S/C17H16N2O3/c1-21-14-5-6-15-12(10-14)11-16(22-15)17(20)19-9-7-13-4-2-3-8-18-13/h2-6,8,10-11H,7,9H2,1H3,(H,19,20). The normalized spacial score (nSPS) is 10.6. The SMILES string of the molecule is COc1ccc2oc(C(=O)NCCc3ccccn3)cc2c1. The van der Waals surface area contributed by atoms with Crippen molar-refractivity contribution in [1.82, 2.24) is 10.3 Å². The molecule has 0 fully saturated rings. The Bertz CT molecular complexity index is 781. The van der Waals surface area contributed by atoms with Gasteiger partial charge in [0.2, 0.25) is 0 Å². The van der Waals surface area contributed by atoms with Gasteiger partial charge < -0.3 is 14.5 Å². The summed E-state index contributed by atoms with van der Waals surface area (Å²) in [6, 6.07) is 12.9. The summed E-state index contributed by atoms with van der Waals surface area (Å²) in [5.41, 5.74) is 1.60. The average Bonchev–Trinajstić information content (AvgIpc) is 2.99. The molecule has 3 aromatic rings. The smallest absolute Gasteiger partial charge is 0.287 e. The van der Waals surface area contributed by atoms with Gasteiger partial charge in [0.15, 0.2) is 5.76 Å². The van der Waals surface area contributed by atoms with E-state index in [0.29, 0.717) is 24.3 Å². The van der Waals surface area contributed by atoms with Gasteiger partial charge >= 0.3 is 0 Å². The van der Waals surface area contributed by atoms with Gasteiger partial charge in [-0.15, -0.1) is 0 Å². The van der Waals surface area contributed by atoms with E-state index in [0.717, 1.165) is 16.8 Å². The molecular weight excluding hydrogens is 280 g/mol. The van der Waals surface area contributed by atoms with Crippen LogP contribution in [0.25, 0.3) is 11.0 Å². The summed E-state index contributed by atoms with van der Waals surface area (Å²) < 4.78 is 10.7. The second kappa shape index (κ2) is 6.30. The Balaban J connectivity index is 1.64. The van der Waals surface area contributed by atoms with Crippen molar-refractivity contribution in [2.24, 2.45) is 0 Å². The van der Waals surface area contributed by atoms with Crippen molar-refractivity contribution in [2.75, 3.05) is 13.7 Å². The molecule has 0 bridgehead atoms. The summed E-state index contributed by atoms with van der Waals surface area (Å²) in [5, 5.41) is 3.67. The lowest BCUT2D eigenvalue weighted by atomic mass is 10.2. The Kier molecular flexibility index (Phi) is 4.05. The summed E-state index contributed by atoms with van der Waals surface area (Å²) in [4.78, 5) is 16.3. The molecule has 1 N–H and O–H groups in total. The largest absolute Gasteiger partial charge is 0.497 e. The Labute approximate surface area is 127 Å². The first-order valence-corrected chi connectivity index (χ1v) is 7.02. The van der Waals surface area contributed by atoms with Crippen molar-refractivity contribution in [3.63, 3.8) is 0 Å². The summed E-state index contributed by atoms with van der Waals surface area (Å²) in [7, 11) is 1.60. The molecule has 2 aromatic heterocycles. The third-order valence-electron chi connectivity index (χ3n) is 3.34. The van der Waals surface area contributed by atoms with Crippen molar-refractivity contribution in [3.05, 3.63) is 60.1 Å². The Morgan fingerprint density at radius 2 is 2.18 bits per heavy atom. The van der Waals surface area contributed by atoms with Gasteiger partial charge in [0.05, 0.1) is 7.11 Å². The van der Waals surface area contributed by atoms with Crippen molar-refractivity contribution in [2.45, 2.75) is 6.42 Å². The molecule has 0 aliphatic rings. The number of furan rings is 1. The van der Waals surface area contributed by atoms with E-state index < -0.39 is 0 Å². The molecule has 0 aliphatic carbocycles. The minimum Gasteiger partial charge on any atom is -0.497 e. The van der Waals surface area contributed by atoms with Gasteiger partial charge in [-0.05, 0) is 36.4 Å². The highest BCUT2D eigenvalue weighted by atomic mass is 16.5. The monoisotopic (exact) mass is 296 g/mol. The van der Waals surface area contributed by atoms with Gasteiger partial charge in [-0.3, -0.25) is 9.78 Å². The second-order valence-electron chi connectivity index (χ2n) is 4.84.